The molecule has 2 unspecified atom stereocenters. The number of nitrogens with zero attached hydrogens (tertiary/aromatic N) is 1. The van der Waals surface area contributed by atoms with Crippen molar-refractivity contribution in [3.05, 3.63) is 35.6 Å². The van der Waals surface area contributed by atoms with Gasteiger partial charge < -0.3 is 15.0 Å². The fourth-order valence-corrected chi connectivity index (χ4v) is 2.28. The molecule has 2 amide bonds. The number of hydrogen-bond acceptors (Lipinski definition) is 2. The quantitative estimate of drug-likeness (QED) is 0.891. The highest BCUT2D eigenvalue weighted by Gasteiger charge is 2.25. The van der Waals surface area contributed by atoms with E-state index in [1.165, 1.54) is 12.1 Å². The van der Waals surface area contributed by atoms with Crippen LogP contribution in [-0.4, -0.2) is 36.2 Å². The van der Waals surface area contributed by atoms with E-state index in [1.54, 1.807) is 17.0 Å². The summed E-state index contributed by atoms with van der Waals surface area (Å²) in [5, 5.41) is 2.80. The van der Waals surface area contributed by atoms with Crippen LogP contribution in [-0.2, 0) is 11.3 Å². The van der Waals surface area contributed by atoms with Gasteiger partial charge in [0.15, 0.2) is 0 Å². The van der Waals surface area contributed by atoms with Gasteiger partial charge in [0.2, 0.25) is 0 Å². The number of carbonyl (C=O) groups excluding carboxylic acids is 1. The van der Waals surface area contributed by atoms with Crippen molar-refractivity contribution in [2.24, 2.45) is 0 Å². The van der Waals surface area contributed by atoms with Crippen LogP contribution in [0.5, 0.6) is 0 Å². The molecule has 0 saturated carbocycles. The zero-order valence-electron chi connectivity index (χ0n) is 11.2. The van der Waals surface area contributed by atoms with E-state index >= 15 is 0 Å². The number of urea groups is 1. The van der Waals surface area contributed by atoms with E-state index in [0.717, 1.165) is 5.56 Å². The van der Waals surface area contributed by atoms with Crippen LogP contribution in [0.2, 0.25) is 0 Å². The van der Waals surface area contributed by atoms with Gasteiger partial charge in [-0.1, -0.05) is 12.1 Å². The second kappa shape index (κ2) is 6.02. The Kier molecular flexibility index (Phi) is 4.37. The lowest BCUT2D eigenvalue weighted by Gasteiger charge is -2.35. The van der Waals surface area contributed by atoms with E-state index in [-0.39, 0.29) is 24.1 Å². The van der Waals surface area contributed by atoms with Crippen LogP contribution in [0.25, 0.3) is 0 Å². The summed E-state index contributed by atoms with van der Waals surface area (Å²) in [5.74, 6) is -0.291. The molecule has 1 aliphatic heterocycles. The Morgan fingerprint density at radius 3 is 2.74 bits per heavy atom. The van der Waals surface area contributed by atoms with Gasteiger partial charge in [-0.05, 0) is 31.5 Å². The monoisotopic (exact) mass is 266 g/mol. The third-order valence-electron chi connectivity index (χ3n) is 3.04. The molecule has 0 aliphatic carbocycles. The highest BCUT2D eigenvalue weighted by atomic mass is 19.1. The average molecular weight is 266 g/mol. The summed E-state index contributed by atoms with van der Waals surface area (Å²) >= 11 is 0. The maximum absolute atomic E-state index is 13.0. The van der Waals surface area contributed by atoms with E-state index in [9.17, 15) is 9.18 Å². The summed E-state index contributed by atoms with van der Waals surface area (Å²) in [5.41, 5.74) is 0.753. The van der Waals surface area contributed by atoms with Crippen LogP contribution in [0.4, 0.5) is 9.18 Å². The van der Waals surface area contributed by atoms with Crippen LogP contribution in [0.1, 0.15) is 19.4 Å². The Labute approximate surface area is 112 Å². The van der Waals surface area contributed by atoms with Gasteiger partial charge in [0, 0.05) is 19.6 Å². The first-order valence-corrected chi connectivity index (χ1v) is 6.47. The number of rotatable bonds is 2. The van der Waals surface area contributed by atoms with Crippen LogP contribution >= 0.6 is 0 Å². The van der Waals surface area contributed by atoms with E-state index in [0.29, 0.717) is 19.6 Å². The molecule has 19 heavy (non-hydrogen) atoms. The summed E-state index contributed by atoms with van der Waals surface area (Å²) in [6.45, 7) is 5.39. The minimum Gasteiger partial charge on any atom is -0.372 e. The molecule has 2 rings (SSSR count). The Bertz CT molecular complexity index is 443. The van der Waals surface area contributed by atoms with Crippen molar-refractivity contribution >= 4 is 6.03 Å². The number of amides is 2. The zero-order chi connectivity index (χ0) is 13.8. The summed E-state index contributed by atoms with van der Waals surface area (Å²) in [6.07, 6.45) is 0.0901. The second-order valence-electron chi connectivity index (χ2n) is 4.95. The molecule has 0 bridgehead atoms. The number of benzene rings is 1. The van der Waals surface area contributed by atoms with Crippen molar-refractivity contribution in [2.75, 3.05) is 13.1 Å². The van der Waals surface area contributed by atoms with Gasteiger partial charge in [-0.3, -0.25) is 0 Å². The van der Waals surface area contributed by atoms with E-state index in [2.05, 4.69) is 5.32 Å². The molecule has 1 aromatic carbocycles. The summed E-state index contributed by atoms with van der Waals surface area (Å²) in [4.78, 5) is 13.7. The summed E-state index contributed by atoms with van der Waals surface area (Å²) in [6, 6.07) is 6.09. The topological polar surface area (TPSA) is 41.6 Å². The molecular formula is C14H19FN2O2. The maximum Gasteiger partial charge on any atom is 0.317 e. The van der Waals surface area contributed by atoms with Gasteiger partial charge in [-0.15, -0.1) is 0 Å². The average Bonchev–Trinajstić information content (AvgIpc) is 2.35. The number of carbonyl (C=O) groups is 1. The van der Waals surface area contributed by atoms with Gasteiger partial charge in [0.05, 0.1) is 12.2 Å². The van der Waals surface area contributed by atoms with Crippen LogP contribution in [0.3, 0.4) is 0 Å². The molecule has 1 heterocycles. The third-order valence-corrected chi connectivity index (χ3v) is 3.04. The Morgan fingerprint density at radius 2 is 2.11 bits per heavy atom. The molecule has 1 aromatic rings. The Hall–Kier alpha value is -1.62. The lowest BCUT2D eigenvalue weighted by atomic mass is 10.2. The molecule has 0 radical (unpaired) electrons. The van der Waals surface area contributed by atoms with Gasteiger partial charge in [0.1, 0.15) is 5.82 Å². The van der Waals surface area contributed by atoms with Crippen molar-refractivity contribution in [2.45, 2.75) is 32.6 Å². The standard InChI is InChI=1S/C14H19FN2O2/c1-10-8-17(9-11(2)19-10)14(18)16-7-12-4-3-5-13(15)6-12/h3-6,10-11H,7-9H2,1-2H3,(H,16,18). The van der Waals surface area contributed by atoms with Crippen LogP contribution in [0.15, 0.2) is 24.3 Å². The van der Waals surface area contributed by atoms with E-state index < -0.39 is 0 Å². The van der Waals surface area contributed by atoms with E-state index in [1.807, 2.05) is 13.8 Å². The van der Waals surface area contributed by atoms with Crippen LogP contribution in [0, 0.1) is 5.82 Å². The van der Waals surface area contributed by atoms with E-state index in [4.69, 9.17) is 4.74 Å². The van der Waals surface area contributed by atoms with Gasteiger partial charge in [-0.2, -0.15) is 0 Å². The van der Waals surface area contributed by atoms with Crippen molar-refractivity contribution < 1.29 is 13.9 Å². The SMILES string of the molecule is CC1CN(C(=O)NCc2cccc(F)c2)CC(C)O1. The fourth-order valence-electron chi connectivity index (χ4n) is 2.28. The Morgan fingerprint density at radius 1 is 1.42 bits per heavy atom. The van der Waals surface area contributed by atoms with Crippen molar-refractivity contribution in [1.29, 1.82) is 0 Å². The molecular weight excluding hydrogens is 247 g/mol. The molecule has 0 spiro atoms. The smallest absolute Gasteiger partial charge is 0.317 e. The molecule has 1 fully saturated rings. The first kappa shape index (κ1) is 13.8. The summed E-state index contributed by atoms with van der Waals surface area (Å²) in [7, 11) is 0. The minimum absolute atomic E-state index is 0.0451. The molecule has 1 N–H and O–H groups in total. The molecule has 1 saturated heterocycles. The number of ether oxygens (including phenoxy) is 1. The number of hydrogen-bond donors (Lipinski definition) is 1. The van der Waals surface area contributed by atoms with Crippen LogP contribution < -0.4 is 5.32 Å². The predicted octanol–water partition coefficient (Wildman–Crippen LogP) is 2.14. The fraction of sp³-hybridized carbons (Fsp3) is 0.500. The molecule has 1 aliphatic rings. The van der Waals surface area contributed by atoms with Gasteiger partial charge in [-0.25, -0.2) is 9.18 Å². The van der Waals surface area contributed by atoms with Crippen molar-refractivity contribution in [3.8, 4) is 0 Å². The number of halogens is 1. The Balaban J connectivity index is 1.87. The molecule has 104 valence electrons. The molecule has 2 atom stereocenters. The lowest BCUT2D eigenvalue weighted by molar-refractivity contribution is -0.0545. The van der Waals surface area contributed by atoms with Gasteiger partial charge >= 0.3 is 6.03 Å². The highest BCUT2D eigenvalue weighted by Crippen LogP contribution is 2.11. The molecule has 4 nitrogen and oxygen atoms in total. The normalized spacial score (nSPS) is 23.2. The first-order valence-electron chi connectivity index (χ1n) is 6.47. The number of nitrogens with one attached hydrogen (secondary N) is 1. The second-order valence-corrected chi connectivity index (χ2v) is 4.95. The summed E-state index contributed by atoms with van der Waals surface area (Å²) < 4.78 is 18.6. The third kappa shape index (κ3) is 3.92. The predicted molar refractivity (Wildman–Crippen MR) is 70.2 cm³/mol. The van der Waals surface area contributed by atoms with Crippen molar-refractivity contribution in [3.63, 3.8) is 0 Å². The highest BCUT2D eigenvalue weighted by molar-refractivity contribution is 5.74. The maximum atomic E-state index is 13.0. The van der Waals surface area contributed by atoms with Crippen molar-refractivity contribution in [1.82, 2.24) is 10.2 Å². The largest absolute Gasteiger partial charge is 0.372 e. The number of morpholine rings is 1. The lowest BCUT2D eigenvalue weighted by Crippen LogP contribution is -2.51. The molecule has 5 heteroatoms. The minimum atomic E-state index is -0.291. The first-order chi connectivity index (χ1) is 9.04. The molecule has 0 aromatic heterocycles. The van der Waals surface area contributed by atoms with Gasteiger partial charge in [0.25, 0.3) is 0 Å². The zero-order valence-corrected chi connectivity index (χ0v) is 11.2.